The van der Waals surface area contributed by atoms with Crippen molar-refractivity contribution in [2.75, 3.05) is 17.3 Å². The summed E-state index contributed by atoms with van der Waals surface area (Å²) < 4.78 is 13.6. The van der Waals surface area contributed by atoms with E-state index in [0.717, 1.165) is 30.7 Å². The van der Waals surface area contributed by atoms with Crippen LogP contribution >= 0.6 is 38.5 Å². The maximum Gasteiger partial charge on any atom is 0.262 e. The summed E-state index contributed by atoms with van der Waals surface area (Å²) in [6.45, 7) is 0. The maximum absolute atomic E-state index is 13.7. The molecule has 1 unspecified atom stereocenters. The molecule has 1 atom stereocenters. The molecule has 0 fully saturated rings. The fourth-order valence-corrected chi connectivity index (χ4v) is 4.53. The highest BCUT2D eigenvalue weighted by atomic mass is 127. The summed E-state index contributed by atoms with van der Waals surface area (Å²) >= 11 is 5.68. The van der Waals surface area contributed by atoms with E-state index in [2.05, 4.69) is 43.8 Å². The fourth-order valence-electron chi connectivity index (χ4n) is 3.77. The standard InChI is InChI=1S/C25H18BrIN2O3/c1-31-19-4-2-3-18(14-19)29-24(28-21-10-9-17(27)13-20(21)25(29)30)23-12-11-22(32-23)15-5-7-16(26)8-6-15/h2-14,24,28H,1H3. The first-order valence-corrected chi connectivity index (χ1v) is 11.8. The van der Waals surface area contributed by atoms with E-state index in [1.54, 1.807) is 12.0 Å². The van der Waals surface area contributed by atoms with Crippen LogP contribution in [0.4, 0.5) is 11.4 Å². The molecule has 0 bridgehead atoms. The van der Waals surface area contributed by atoms with E-state index < -0.39 is 6.17 Å². The van der Waals surface area contributed by atoms with Gasteiger partial charge in [-0.15, -0.1) is 0 Å². The number of amides is 1. The molecule has 0 radical (unpaired) electrons. The van der Waals surface area contributed by atoms with E-state index in [1.807, 2.05) is 78.9 Å². The van der Waals surface area contributed by atoms with Crippen molar-refractivity contribution < 1.29 is 13.9 Å². The smallest absolute Gasteiger partial charge is 0.262 e. The van der Waals surface area contributed by atoms with Crippen molar-refractivity contribution >= 4 is 55.8 Å². The zero-order valence-electron chi connectivity index (χ0n) is 17.0. The first-order valence-electron chi connectivity index (χ1n) is 9.93. The number of hydrogen-bond donors (Lipinski definition) is 1. The second kappa shape index (κ2) is 8.63. The lowest BCUT2D eigenvalue weighted by Crippen LogP contribution is -2.43. The van der Waals surface area contributed by atoms with Gasteiger partial charge in [0.25, 0.3) is 5.91 Å². The summed E-state index contributed by atoms with van der Waals surface area (Å²) in [5, 5.41) is 3.49. The Kier molecular flexibility index (Phi) is 5.69. The predicted molar refractivity (Wildman–Crippen MR) is 137 cm³/mol. The van der Waals surface area contributed by atoms with Gasteiger partial charge in [-0.3, -0.25) is 9.69 Å². The number of halogens is 2. The van der Waals surface area contributed by atoms with Gasteiger partial charge in [0.1, 0.15) is 17.3 Å². The molecule has 5 nitrogen and oxygen atoms in total. The number of hydrogen-bond acceptors (Lipinski definition) is 4. The fraction of sp³-hybridized carbons (Fsp3) is 0.0800. The SMILES string of the molecule is COc1cccc(N2C(=O)c3cc(I)ccc3NC2c2ccc(-c3ccc(Br)cc3)o2)c1. The van der Waals surface area contributed by atoms with Gasteiger partial charge >= 0.3 is 0 Å². The molecule has 1 aliphatic rings. The topological polar surface area (TPSA) is 54.7 Å². The summed E-state index contributed by atoms with van der Waals surface area (Å²) in [6, 6.07) is 25.0. The number of carbonyl (C=O) groups is 1. The maximum atomic E-state index is 13.7. The van der Waals surface area contributed by atoms with E-state index in [4.69, 9.17) is 9.15 Å². The van der Waals surface area contributed by atoms with Crippen molar-refractivity contribution in [2.45, 2.75) is 6.17 Å². The minimum absolute atomic E-state index is 0.0999. The van der Waals surface area contributed by atoms with E-state index in [1.165, 1.54) is 0 Å². The Balaban J connectivity index is 1.60. The van der Waals surface area contributed by atoms with Crippen molar-refractivity contribution in [3.05, 3.63) is 98.2 Å². The summed E-state index contributed by atoms with van der Waals surface area (Å²) in [4.78, 5) is 15.4. The molecule has 4 aromatic rings. The minimum atomic E-state index is -0.508. The van der Waals surface area contributed by atoms with Gasteiger partial charge in [-0.1, -0.05) is 34.1 Å². The van der Waals surface area contributed by atoms with Crippen molar-refractivity contribution in [3.8, 4) is 17.1 Å². The summed E-state index contributed by atoms with van der Waals surface area (Å²) in [5.74, 6) is 1.96. The zero-order chi connectivity index (χ0) is 22.2. The van der Waals surface area contributed by atoms with Gasteiger partial charge in [0.05, 0.1) is 18.4 Å². The molecule has 1 aromatic heterocycles. The van der Waals surface area contributed by atoms with Crippen LogP contribution in [-0.2, 0) is 0 Å². The van der Waals surface area contributed by atoms with Crippen LogP contribution in [0.3, 0.4) is 0 Å². The van der Waals surface area contributed by atoms with Crippen LogP contribution < -0.4 is 15.0 Å². The summed E-state index contributed by atoms with van der Waals surface area (Å²) in [7, 11) is 1.61. The average Bonchev–Trinajstić information content (AvgIpc) is 3.30. The van der Waals surface area contributed by atoms with Crippen LogP contribution in [0.5, 0.6) is 5.75 Å². The molecule has 32 heavy (non-hydrogen) atoms. The first-order chi connectivity index (χ1) is 15.5. The van der Waals surface area contributed by atoms with Crippen molar-refractivity contribution in [1.29, 1.82) is 0 Å². The molecular weight excluding hydrogens is 583 g/mol. The van der Waals surface area contributed by atoms with Crippen LogP contribution in [0.25, 0.3) is 11.3 Å². The normalized spacial score (nSPS) is 15.3. The van der Waals surface area contributed by atoms with Gasteiger partial charge in [-0.2, -0.15) is 0 Å². The monoisotopic (exact) mass is 600 g/mol. The lowest BCUT2D eigenvalue weighted by molar-refractivity contribution is 0.0972. The molecule has 0 saturated carbocycles. The highest BCUT2D eigenvalue weighted by molar-refractivity contribution is 14.1. The Morgan fingerprint density at radius 2 is 1.84 bits per heavy atom. The van der Waals surface area contributed by atoms with Crippen molar-refractivity contribution in [3.63, 3.8) is 0 Å². The molecular formula is C25H18BrIN2O3. The van der Waals surface area contributed by atoms with Gasteiger partial charge in [0.15, 0.2) is 6.17 Å². The van der Waals surface area contributed by atoms with Crippen molar-refractivity contribution in [2.24, 2.45) is 0 Å². The molecule has 160 valence electrons. The lowest BCUT2D eigenvalue weighted by atomic mass is 10.1. The third-order valence-corrected chi connectivity index (χ3v) is 6.54. The number of anilines is 2. The second-order valence-corrected chi connectivity index (χ2v) is 9.48. The molecule has 0 saturated heterocycles. The Morgan fingerprint density at radius 3 is 2.62 bits per heavy atom. The van der Waals surface area contributed by atoms with Crippen LogP contribution in [0.2, 0.25) is 0 Å². The molecule has 5 rings (SSSR count). The third-order valence-electron chi connectivity index (χ3n) is 5.34. The number of benzene rings is 3. The quantitative estimate of drug-likeness (QED) is 0.254. The Bertz CT molecular complexity index is 1300. The molecule has 1 aliphatic heterocycles. The molecule has 0 spiro atoms. The number of furan rings is 1. The Labute approximate surface area is 207 Å². The average molecular weight is 601 g/mol. The number of rotatable bonds is 4. The minimum Gasteiger partial charge on any atom is -0.497 e. The van der Waals surface area contributed by atoms with Gasteiger partial charge in [-0.25, -0.2) is 0 Å². The molecule has 1 amide bonds. The van der Waals surface area contributed by atoms with Gasteiger partial charge in [0, 0.05) is 25.4 Å². The lowest BCUT2D eigenvalue weighted by Gasteiger charge is -2.37. The third kappa shape index (κ3) is 3.91. The van der Waals surface area contributed by atoms with E-state index >= 15 is 0 Å². The Morgan fingerprint density at radius 1 is 1.03 bits per heavy atom. The van der Waals surface area contributed by atoms with E-state index in [9.17, 15) is 4.79 Å². The number of ether oxygens (including phenoxy) is 1. The summed E-state index contributed by atoms with van der Waals surface area (Å²) in [5.41, 5.74) is 3.08. The summed E-state index contributed by atoms with van der Waals surface area (Å²) in [6.07, 6.45) is -0.508. The van der Waals surface area contributed by atoms with Crippen LogP contribution in [0, 0.1) is 3.57 Å². The van der Waals surface area contributed by atoms with Gasteiger partial charge in [0.2, 0.25) is 0 Å². The number of carbonyl (C=O) groups excluding carboxylic acids is 1. The molecule has 2 heterocycles. The van der Waals surface area contributed by atoms with Gasteiger partial charge < -0.3 is 14.5 Å². The van der Waals surface area contributed by atoms with Gasteiger partial charge in [-0.05, 0) is 77.2 Å². The number of methoxy groups -OCH3 is 1. The first kappa shape index (κ1) is 21.1. The number of nitrogens with zero attached hydrogens (tertiary/aromatic N) is 1. The largest absolute Gasteiger partial charge is 0.497 e. The molecule has 7 heteroatoms. The van der Waals surface area contributed by atoms with Crippen LogP contribution in [0.15, 0.2) is 87.8 Å². The highest BCUT2D eigenvalue weighted by Gasteiger charge is 2.36. The van der Waals surface area contributed by atoms with Crippen LogP contribution in [0.1, 0.15) is 22.3 Å². The predicted octanol–water partition coefficient (Wildman–Crippen LogP) is 7.09. The second-order valence-electron chi connectivity index (χ2n) is 7.32. The van der Waals surface area contributed by atoms with Crippen molar-refractivity contribution in [1.82, 2.24) is 0 Å². The molecule has 3 aromatic carbocycles. The molecule has 0 aliphatic carbocycles. The van der Waals surface area contributed by atoms with Crippen LogP contribution in [-0.4, -0.2) is 13.0 Å². The van der Waals surface area contributed by atoms with E-state index in [0.29, 0.717) is 17.1 Å². The van der Waals surface area contributed by atoms with E-state index in [-0.39, 0.29) is 5.91 Å². The molecule has 1 N–H and O–H groups in total. The Hall–Kier alpha value is -2.78. The number of nitrogens with one attached hydrogen (secondary N) is 1. The zero-order valence-corrected chi connectivity index (χ0v) is 20.8. The highest BCUT2D eigenvalue weighted by Crippen LogP contribution is 2.39. The number of fused-ring (bicyclic) bond motifs is 1.